The summed E-state index contributed by atoms with van der Waals surface area (Å²) >= 11 is 0. The second-order valence-electron chi connectivity index (χ2n) is 7.29. The Morgan fingerprint density at radius 3 is 1.75 bits per heavy atom. The Morgan fingerprint density at radius 2 is 1.30 bits per heavy atom. The molecular formula is C19H33F. The largest absolute Gasteiger partial charge is 0.216 e. The molecule has 0 radical (unpaired) electrons. The van der Waals surface area contributed by atoms with Crippen molar-refractivity contribution in [3.63, 3.8) is 0 Å². The van der Waals surface area contributed by atoms with E-state index in [-0.39, 0.29) is 0 Å². The molecule has 2 aliphatic rings. The molecule has 20 heavy (non-hydrogen) atoms. The highest BCUT2D eigenvalue weighted by Gasteiger charge is 2.30. The molecule has 2 rings (SSSR count). The van der Waals surface area contributed by atoms with Gasteiger partial charge in [-0.15, -0.1) is 0 Å². The molecular weight excluding hydrogens is 247 g/mol. The van der Waals surface area contributed by atoms with Crippen molar-refractivity contribution in [2.75, 3.05) is 0 Å². The van der Waals surface area contributed by atoms with E-state index in [1.807, 2.05) is 0 Å². The molecule has 1 heteroatoms. The second-order valence-corrected chi connectivity index (χ2v) is 7.29. The molecule has 2 fully saturated rings. The minimum Gasteiger partial charge on any atom is -0.216 e. The number of rotatable bonds is 6. The van der Waals surface area contributed by atoms with Crippen LogP contribution in [0, 0.1) is 23.7 Å². The maximum Gasteiger partial charge on any atom is 0.0827 e. The minimum atomic E-state index is 0.709. The van der Waals surface area contributed by atoms with Crippen molar-refractivity contribution in [2.24, 2.45) is 23.7 Å². The highest BCUT2D eigenvalue weighted by Crippen LogP contribution is 2.42. The fourth-order valence-corrected chi connectivity index (χ4v) is 4.70. The molecule has 0 nitrogen and oxygen atoms in total. The zero-order valence-electron chi connectivity index (χ0n) is 13.3. The first-order valence-electron chi connectivity index (χ1n) is 9.08. The Bertz CT molecular complexity index is 267. The Morgan fingerprint density at radius 1 is 0.800 bits per heavy atom. The molecule has 0 aromatic heterocycles. The molecule has 2 aliphatic carbocycles. The molecule has 116 valence electrons. The molecule has 0 aromatic carbocycles. The lowest BCUT2D eigenvalue weighted by molar-refractivity contribution is 0.141. The molecule has 0 unspecified atom stereocenters. The summed E-state index contributed by atoms with van der Waals surface area (Å²) < 4.78 is 12.0. The number of allylic oxidation sites excluding steroid dienone is 1. The van der Waals surface area contributed by atoms with E-state index in [2.05, 4.69) is 6.92 Å². The van der Waals surface area contributed by atoms with Gasteiger partial charge in [0.15, 0.2) is 0 Å². The first-order valence-corrected chi connectivity index (χ1v) is 9.08. The van der Waals surface area contributed by atoms with Crippen molar-refractivity contribution in [1.29, 1.82) is 0 Å². The predicted octanol–water partition coefficient (Wildman–Crippen LogP) is 6.66. The Hall–Kier alpha value is -0.330. The molecule has 0 aromatic rings. The number of hydrogen-bond acceptors (Lipinski definition) is 0. The van der Waals surface area contributed by atoms with E-state index < -0.39 is 0 Å². The summed E-state index contributed by atoms with van der Waals surface area (Å²) in [6, 6.07) is 0. The summed E-state index contributed by atoms with van der Waals surface area (Å²) in [7, 11) is 0. The van der Waals surface area contributed by atoms with Gasteiger partial charge in [0.1, 0.15) is 0 Å². The summed E-state index contributed by atoms with van der Waals surface area (Å²) in [5, 5.41) is 0. The van der Waals surface area contributed by atoms with E-state index in [4.69, 9.17) is 0 Å². The zero-order chi connectivity index (χ0) is 14.2. The maximum atomic E-state index is 12.0. The van der Waals surface area contributed by atoms with Crippen LogP contribution >= 0.6 is 0 Å². The second kappa shape index (κ2) is 8.85. The van der Waals surface area contributed by atoms with E-state index in [1.165, 1.54) is 70.6 Å². The summed E-state index contributed by atoms with van der Waals surface area (Å²) in [4.78, 5) is 0. The highest BCUT2D eigenvalue weighted by molar-refractivity contribution is 4.83. The number of halogens is 1. The van der Waals surface area contributed by atoms with Gasteiger partial charge in [-0.05, 0) is 62.2 Å². The average Bonchev–Trinajstić information content (AvgIpc) is 2.49. The van der Waals surface area contributed by atoms with Crippen LogP contribution in [-0.4, -0.2) is 0 Å². The summed E-state index contributed by atoms with van der Waals surface area (Å²) in [5.41, 5.74) is 0. The third kappa shape index (κ3) is 4.90. The van der Waals surface area contributed by atoms with Crippen molar-refractivity contribution in [3.8, 4) is 0 Å². The third-order valence-electron chi connectivity index (χ3n) is 5.98. The van der Waals surface area contributed by atoms with Crippen molar-refractivity contribution >= 4 is 0 Å². The summed E-state index contributed by atoms with van der Waals surface area (Å²) in [6.07, 6.45) is 19.1. The quantitative estimate of drug-likeness (QED) is 0.510. The summed E-state index contributed by atoms with van der Waals surface area (Å²) in [5.74, 6) is 3.97. The first kappa shape index (κ1) is 16.0. The van der Waals surface area contributed by atoms with Gasteiger partial charge in [0.2, 0.25) is 0 Å². The lowest BCUT2D eigenvalue weighted by Crippen LogP contribution is -2.25. The van der Waals surface area contributed by atoms with Crippen LogP contribution in [-0.2, 0) is 0 Å². The maximum absolute atomic E-state index is 12.0. The molecule has 0 aliphatic heterocycles. The molecule has 0 N–H and O–H groups in total. The molecule has 0 heterocycles. The van der Waals surface area contributed by atoms with Crippen LogP contribution in [0.3, 0.4) is 0 Å². The van der Waals surface area contributed by atoms with Crippen molar-refractivity contribution in [3.05, 3.63) is 12.4 Å². The van der Waals surface area contributed by atoms with Gasteiger partial charge >= 0.3 is 0 Å². The molecule has 0 bridgehead atoms. The van der Waals surface area contributed by atoms with Gasteiger partial charge in [-0.3, -0.25) is 0 Å². The van der Waals surface area contributed by atoms with Crippen LogP contribution in [0.25, 0.3) is 0 Å². The van der Waals surface area contributed by atoms with Gasteiger partial charge in [0.25, 0.3) is 0 Å². The fraction of sp³-hybridized carbons (Fsp3) is 0.895. The standard InChI is InChI=1S/C19H33F/c1-2-5-16-7-11-18(12-8-16)19-13-9-17(10-14-19)6-3-4-15-20/h4,15-19H,2-3,5-14H2,1H3. The van der Waals surface area contributed by atoms with Crippen LogP contribution in [0.4, 0.5) is 4.39 Å². The molecule has 0 saturated heterocycles. The lowest BCUT2D eigenvalue weighted by atomic mass is 9.68. The minimum absolute atomic E-state index is 0.709. The van der Waals surface area contributed by atoms with Gasteiger partial charge < -0.3 is 0 Å². The Kier molecular flexibility index (Phi) is 7.10. The smallest absolute Gasteiger partial charge is 0.0827 e. The molecule has 0 amide bonds. The van der Waals surface area contributed by atoms with E-state index >= 15 is 0 Å². The lowest BCUT2D eigenvalue weighted by Gasteiger charge is -2.38. The zero-order valence-corrected chi connectivity index (χ0v) is 13.3. The van der Waals surface area contributed by atoms with Gasteiger partial charge in [-0.25, -0.2) is 4.39 Å². The van der Waals surface area contributed by atoms with Crippen molar-refractivity contribution in [1.82, 2.24) is 0 Å². The SMILES string of the molecule is CCCC1CCC(C2CCC(CCC=CF)CC2)CC1. The van der Waals surface area contributed by atoms with E-state index in [1.54, 1.807) is 6.08 Å². The topological polar surface area (TPSA) is 0 Å². The molecule has 0 atom stereocenters. The van der Waals surface area contributed by atoms with E-state index in [9.17, 15) is 4.39 Å². The monoisotopic (exact) mass is 280 g/mol. The van der Waals surface area contributed by atoms with Crippen LogP contribution in [0.1, 0.15) is 84.0 Å². The summed E-state index contributed by atoms with van der Waals surface area (Å²) in [6.45, 7) is 2.32. The van der Waals surface area contributed by atoms with Gasteiger partial charge in [0, 0.05) is 0 Å². The van der Waals surface area contributed by atoms with Gasteiger partial charge in [0.05, 0.1) is 6.33 Å². The fourth-order valence-electron chi connectivity index (χ4n) is 4.70. The van der Waals surface area contributed by atoms with Crippen molar-refractivity contribution in [2.45, 2.75) is 84.0 Å². The highest BCUT2D eigenvalue weighted by atomic mass is 19.1. The average molecular weight is 280 g/mol. The Balaban J connectivity index is 1.64. The predicted molar refractivity (Wildman–Crippen MR) is 85.3 cm³/mol. The van der Waals surface area contributed by atoms with Crippen LogP contribution < -0.4 is 0 Å². The van der Waals surface area contributed by atoms with Gasteiger partial charge in [-0.2, -0.15) is 0 Å². The van der Waals surface area contributed by atoms with Crippen molar-refractivity contribution < 1.29 is 4.39 Å². The van der Waals surface area contributed by atoms with Crippen LogP contribution in [0.15, 0.2) is 12.4 Å². The molecule has 2 saturated carbocycles. The first-order chi connectivity index (χ1) is 9.83. The third-order valence-corrected chi connectivity index (χ3v) is 5.98. The van der Waals surface area contributed by atoms with E-state index in [0.717, 1.165) is 30.1 Å². The Labute approximate surface area is 125 Å². The van der Waals surface area contributed by atoms with Crippen LogP contribution in [0.2, 0.25) is 0 Å². The normalized spacial score (nSPS) is 35.5. The van der Waals surface area contributed by atoms with Crippen LogP contribution in [0.5, 0.6) is 0 Å². The molecule has 0 spiro atoms. The van der Waals surface area contributed by atoms with Gasteiger partial charge in [-0.1, -0.05) is 51.5 Å². The number of hydrogen-bond donors (Lipinski definition) is 0. The van der Waals surface area contributed by atoms with E-state index in [0.29, 0.717) is 6.33 Å².